The maximum Gasteiger partial charge on any atom is 0.207 e. The number of nitrogens with zero attached hydrogens (tertiary/aromatic N) is 5. The molecular weight excluding hydrogens is 439 g/mol. The van der Waals surface area contributed by atoms with Crippen molar-refractivity contribution in [1.82, 2.24) is 20.2 Å². The van der Waals surface area contributed by atoms with Gasteiger partial charge in [0.2, 0.25) is 5.82 Å². The molecule has 0 saturated carbocycles. The number of anilines is 1. The average molecular weight is 463 g/mol. The van der Waals surface area contributed by atoms with Crippen molar-refractivity contribution in [3.8, 4) is 11.4 Å². The summed E-state index contributed by atoms with van der Waals surface area (Å²) in [6.45, 7) is 6.80. The molecule has 0 fully saturated rings. The molecule has 7 nitrogen and oxygen atoms in total. The molecule has 2 aromatic carbocycles. The summed E-state index contributed by atoms with van der Waals surface area (Å²) >= 11 is 6.01. The molecule has 2 heterocycles. The molecule has 0 aliphatic carbocycles. The molecule has 0 radical (unpaired) electrons. The highest BCUT2D eigenvalue weighted by Gasteiger charge is 2.28. The van der Waals surface area contributed by atoms with Crippen LogP contribution in [0.4, 0.5) is 10.1 Å². The first-order chi connectivity index (χ1) is 14.6. The molecule has 0 spiro atoms. The monoisotopic (exact) mass is 462 g/mol. The number of halogens is 2. The lowest BCUT2D eigenvalue weighted by molar-refractivity contribution is 0.306. The van der Waals surface area contributed by atoms with Gasteiger partial charge in [-0.05, 0) is 55.8 Å². The van der Waals surface area contributed by atoms with Crippen molar-refractivity contribution in [2.24, 2.45) is 5.73 Å². The van der Waals surface area contributed by atoms with Crippen LogP contribution in [0.2, 0.25) is 5.02 Å². The van der Waals surface area contributed by atoms with Crippen LogP contribution in [-0.2, 0) is 22.9 Å². The van der Waals surface area contributed by atoms with Gasteiger partial charge in [0.1, 0.15) is 5.82 Å². The predicted octanol–water partition coefficient (Wildman–Crippen LogP) is 3.34. The second-order valence-corrected chi connectivity index (χ2v) is 10.6. The molecule has 1 unspecified atom stereocenters. The van der Waals surface area contributed by atoms with E-state index in [1.165, 1.54) is 10.9 Å². The number of hydrogen-bond acceptors (Lipinski definition) is 6. The lowest BCUT2D eigenvalue weighted by Gasteiger charge is -2.26. The fourth-order valence-corrected chi connectivity index (χ4v) is 4.89. The van der Waals surface area contributed by atoms with Crippen LogP contribution in [0.5, 0.6) is 0 Å². The third kappa shape index (κ3) is 4.63. The van der Waals surface area contributed by atoms with E-state index in [4.69, 9.17) is 17.3 Å². The van der Waals surface area contributed by atoms with Crippen molar-refractivity contribution < 1.29 is 8.60 Å². The van der Waals surface area contributed by atoms with Crippen LogP contribution in [0.1, 0.15) is 26.3 Å². The van der Waals surface area contributed by atoms with E-state index in [0.29, 0.717) is 28.7 Å². The third-order valence-electron chi connectivity index (χ3n) is 5.00. The summed E-state index contributed by atoms with van der Waals surface area (Å²) in [6, 6.07) is 10.1. The van der Waals surface area contributed by atoms with Gasteiger partial charge >= 0.3 is 0 Å². The molecule has 10 heteroatoms. The Morgan fingerprint density at radius 3 is 2.61 bits per heavy atom. The van der Waals surface area contributed by atoms with Crippen LogP contribution in [0.15, 0.2) is 41.3 Å². The number of hydrogen-bond donors (Lipinski definition) is 1. The Hall–Kier alpha value is -2.36. The molecule has 2 N–H and O–H groups in total. The molecule has 0 saturated heterocycles. The molecule has 31 heavy (non-hydrogen) atoms. The third-order valence-corrected chi connectivity index (χ3v) is 6.80. The number of nitrogens with two attached hydrogens (primary N) is 1. The van der Waals surface area contributed by atoms with Gasteiger partial charge in [0, 0.05) is 29.9 Å². The summed E-state index contributed by atoms with van der Waals surface area (Å²) in [6.07, 6.45) is 0. The Labute approximate surface area is 187 Å². The maximum atomic E-state index is 15.1. The molecular formula is C21H24ClFN6OS. The van der Waals surface area contributed by atoms with Crippen LogP contribution in [-0.4, -0.2) is 42.8 Å². The van der Waals surface area contributed by atoms with Gasteiger partial charge in [0.25, 0.3) is 0 Å². The van der Waals surface area contributed by atoms with Crippen molar-refractivity contribution >= 4 is 28.1 Å². The van der Waals surface area contributed by atoms with Crippen LogP contribution < -0.4 is 10.6 Å². The van der Waals surface area contributed by atoms with Gasteiger partial charge in [0.15, 0.2) is 0 Å². The molecule has 3 aromatic rings. The standard InChI is InChI=1S/C21H24ClFN6OS/c1-21(2,3)29-26-20(25-27-29)16-8-18-19(9-17(16)23)31(30)12-15(24)11-28(18)10-13-4-6-14(22)7-5-13/h4-9,15H,10-12,24H2,1-3H3/t15-,31?/m1/s1. The molecule has 0 amide bonds. The SMILES string of the molecule is CC(C)(C)n1nnc(-c2cc3c(cc2F)S(=O)C[C@H](N)CN3Cc2ccc(Cl)cc2)n1. The van der Waals surface area contributed by atoms with Crippen LogP contribution in [0, 0.1) is 5.82 Å². The number of tetrazole rings is 1. The second kappa shape index (κ2) is 8.29. The first kappa shape index (κ1) is 21.9. The van der Waals surface area contributed by atoms with Crippen molar-refractivity contribution in [3.05, 3.63) is 52.8 Å². The summed E-state index contributed by atoms with van der Waals surface area (Å²) in [5.74, 6) is -0.0927. The quantitative estimate of drug-likeness (QED) is 0.642. The van der Waals surface area contributed by atoms with E-state index in [9.17, 15) is 4.21 Å². The van der Waals surface area contributed by atoms with Gasteiger partial charge in [0.05, 0.1) is 32.5 Å². The van der Waals surface area contributed by atoms with E-state index in [1.54, 1.807) is 6.07 Å². The Kier molecular flexibility index (Phi) is 5.85. The highest BCUT2D eigenvalue weighted by atomic mass is 35.5. The molecule has 0 bridgehead atoms. The van der Waals surface area contributed by atoms with Gasteiger partial charge < -0.3 is 10.6 Å². The topological polar surface area (TPSA) is 89.9 Å². The highest BCUT2D eigenvalue weighted by molar-refractivity contribution is 7.85. The summed E-state index contributed by atoms with van der Waals surface area (Å²) in [5.41, 5.74) is 7.72. The number of benzene rings is 2. The Bertz CT molecular complexity index is 1130. The molecule has 1 aromatic heterocycles. The minimum absolute atomic E-state index is 0.181. The lowest BCUT2D eigenvalue weighted by Crippen LogP contribution is -2.38. The molecule has 2 atom stereocenters. The smallest absolute Gasteiger partial charge is 0.207 e. The van der Waals surface area contributed by atoms with E-state index in [2.05, 4.69) is 15.4 Å². The first-order valence-corrected chi connectivity index (χ1v) is 11.6. The van der Waals surface area contributed by atoms with E-state index in [1.807, 2.05) is 49.9 Å². The maximum absolute atomic E-state index is 15.1. The lowest BCUT2D eigenvalue weighted by atomic mass is 10.1. The minimum atomic E-state index is -1.42. The number of fused-ring (bicyclic) bond motifs is 1. The molecule has 1 aliphatic heterocycles. The molecule has 164 valence electrons. The van der Waals surface area contributed by atoms with Gasteiger partial charge in [-0.2, -0.15) is 4.80 Å². The van der Waals surface area contributed by atoms with Crippen LogP contribution in [0.3, 0.4) is 0 Å². The summed E-state index contributed by atoms with van der Waals surface area (Å²) in [4.78, 5) is 3.89. The first-order valence-electron chi connectivity index (χ1n) is 9.89. The van der Waals surface area contributed by atoms with E-state index in [0.717, 1.165) is 5.56 Å². The van der Waals surface area contributed by atoms with Crippen LogP contribution in [0.25, 0.3) is 11.4 Å². The van der Waals surface area contributed by atoms with E-state index in [-0.39, 0.29) is 28.7 Å². The number of aromatic nitrogens is 4. The van der Waals surface area contributed by atoms with E-state index >= 15 is 4.39 Å². The zero-order valence-electron chi connectivity index (χ0n) is 17.5. The van der Waals surface area contributed by atoms with Crippen molar-refractivity contribution in [2.75, 3.05) is 17.2 Å². The van der Waals surface area contributed by atoms with Gasteiger partial charge in [-0.15, -0.1) is 10.2 Å². The number of rotatable bonds is 3. The normalized spacial score (nSPS) is 19.2. The Morgan fingerprint density at radius 2 is 1.97 bits per heavy atom. The summed E-state index contributed by atoms with van der Waals surface area (Å²) in [7, 11) is -1.42. The van der Waals surface area contributed by atoms with Crippen molar-refractivity contribution in [3.63, 3.8) is 0 Å². The zero-order chi connectivity index (χ0) is 22.3. The van der Waals surface area contributed by atoms with Gasteiger partial charge in [-0.25, -0.2) is 4.39 Å². The average Bonchev–Trinajstić information content (AvgIpc) is 3.15. The molecule has 1 aliphatic rings. The second-order valence-electron chi connectivity index (χ2n) is 8.65. The summed E-state index contributed by atoms with van der Waals surface area (Å²) in [5, 5.41) is 13.1. The molecule has 4 rings (SSSR count). The Balaban J connectivity index is 1.79. The van der Waals surface area contributed by atoms with Gasteiger partial charge in [-0.1, -0.05) is 23.7 Å². The van der Waals surface area contributed by atoms with Crippen molar-refractivity contribution in [2.45, 2.75) is 43.8 Å². The van der Waals surface area contributed by atoms with E-state index < -0.39 is 16.6 Å². The van der Waals surface area contributed by atoms with Crippen LogP contribution >= 0.6 is 11.6 Å². The highest BCUT2D eigenvalue weighted by Crippen LogP contribution is 2.34. The zero-order valence-corrected chi connectivity index (χ0v) is 19.1. The fourth-order valence-electron chi connectivity index (χ4n) is 3.43. The fraction of sp³-hybridized carbons (Fsp3) is 0.381. The largest absolute Gasteiger partial charge is 0.365 e. The predicted molar refractivity (Wildman–Crippen MR) is 120 cm³/mol. The summed E-state index contributed by atoms with van der Waals surface area (Å²) < 4.78 is 27.9. The minimum Gasteiger partial charge on any atom is -0.365 e. The van der Waals surface area contributed by atoms with Crippen molar-refractivity contribution in [1.29, 1.82) is 0 Å². The van der Waals surface area contributed by atoms with Gasteiger partial charge in [-0.3, -0.25) is 4.21 Å². The Morgan fingerprint density at radius 1 is 1.26 bits per heavy atom.